The lowest BCUT2D eigenvalue weighted by atomic mass is 10.1. The molecular weight excluding hydrogens is 314 g/mol. The highest BCUT2D eigenvalue weighted by Gasteiger charge is 2.23. The van der Waals surface area contributed by atoms with Crippen LogP contribution in [0.15, 0.2) is 24.4 Å². The molecule has 0 aliphatic heterocycles. The molecule has 124 valence electrons. The van der Waals surface area contributed by atoms with E-state index in [9.17, 15) is 9.59 Å². The molecule has 0 aliphatic carbocycles. The van der Waals surface area contributed by atoms with Crippen LogP contribution in [0.25, 0.3) is 5.69 Å². The molecule has 0 saturated heterocycles. The van der Waals surface area contributed by atoms with E-state index in [0.717, 1.165) is 0 Å². The van der Waals surface area contributed by atoms with Crippen molar-refractivity contribution < 1.29 is 24.2 Å². The molecule has 0 spiro atoms. The smallest absolute Gasteiger partial charge is 0.357 e. The molecule has 1 aromatic carbocycles. The average Bonchev–Trinajstić information content (AvgIpc) is 2.90. The molecule has 0 aliphatic rings. The second-order valence-corrected chi connectivity index (χ2v) is 4.86. The van der Waals surface area contributed by atoms with Gasteiger partial charge in [-0.15, -0.1) is 0 Å². The summed E-state index contributed by atoms with van der Waals surface area (Å²) in [4.78, 5) is 23.0. The van der Waals surface area contributed by atoms with E-state index in [-0.39, 0.29) is 23.4 Å². The number of ether oxygens (including phenoxy) is 2. The highest BCUT2D eigenvalue weighted by atomic mass is 16.5. The predicted molar refractivity (Wildman–Crippen MR) is 84.1 cm³/mol. The molecule has 24 heavy (non-hydrogen) atoms. The fourth-order valence-electron chi connectivity index (χ4n) is 2.31. The molecule has 8 heteroatoms. The molecule has 1 heterocycles. The van der Waals surface area contributed by atoms with E-state index in [1.165, 1.54) is 25.0 Å². The van der Waals surface area contributed by atoms with Crippen LogP contribution in [0.2, 0.25) is 0 Å². The van der Waals surface area contributed by atoms with Crippen molar-refractivity contribution in [1.29, 1.82) is 5.26 Å². The van der Waals surface area contributed by atoms with Crippen molar-refractivity contribution in [1.82, 2.24) is 4.57 Å². The summed E-state index contributed by atoms with van der Waals surface area (Å²) in [5.74, 6) is -1.34. The maximum absolute atomic E-state index is 12.1. The Balaban J connectivity index is 2.73. The van der Waals surface area contributed by atoms with Crippen LogP contribution in [0.1, 0.15) is 21.6 Å². The second-order valence-electron chi connectivity index (χ2n) is 4.86. The van der Waals surface area contributed by atoms with Crippen LogP contribution in [0.4, 0.5) is 5.69 Å². The van der Waals surface area contributed by atoms with Gasteiger partial charge in [0.15, 0.2) is 5.69 Å². The van der Waals surface area contributed by atoms with Crippen LogP contribution in [-0.2, 0) is 16.0 Å². The van der Waals surface area contributed by atoms with Crippen molar-refractivity contribution in [2.75, 3.05) is 20.0 Å². The molecule has 0 fully saturated rings. The maximum atomic E-state index is 12.1. The number of hydrogen-bond donors (Lipinski definition) is 2. The first-order valence-electron chi connectivity index (χ1n) is 6.81. The number of nitrogens with zero attached hydrogens (tertiary/aromatic N) is 2. The van der Waals surface area contributed by atoms with Gasteiger partial charge in [-0.2, -0.15) is 5.26 Å². The highest BCUT2D eigenvalue weighted by Crippen LogP contribution is 2.30. The maximum Gasteiger partial charge on any atom is 0.357 e. The number of nitrogen functional groups attached to an aromatic ring is 1. The van der Waals surface area contributed by atoms with E-state index in [1.54, 1.807) is 18.2 Å². The lowest BCUT2D eigenvalue weighted by Crippen LogP contribution is -2.12. The van der Waals surface area contributed by atoms with Gasteiger partial charge in [0, 0.05) is 6.20 Å². The van der Waals surface area contributed by atoms with E-state index in [1.807, 2.05) is 6.07 Å². The fraction of sp³-hybridized carbons (Fsp3) is 0.188. The highest BCUT2D eigenvalue weighted by molar-refractivity contribution is 5.96. The van der Waals surface area contributed by atoms with E-state index in [2.05, 4.69) is 0 Å². The average molecular weight is 329 g/mol. The van der Waals surface area contributed by atoms with Crippen molar-refractivity contribution in [3.63, 3.8) is 0 Å². The largest absolute Gasteiger partial charge is 0.495 e. The van der Waals surface area contributed by atoms with Crippen LogP contribution in [-0.4, -0.2) is 35.8 Å². The van der Waals surface area contributed by atoms with Gasteiger partial charge in [0.2, 0.25) is 0 Å². The third-order valence-electron chi connectivity index (χ3n) is 3.40. The third-order valence-corrected chi connectivity index (χ3v) is 3.40. The summed E-state index contributed by atoms with van der Waals surface area (Å²) in [6.07, 6.45) is 1.18. The Morgan fingerprint density at radius 1 is 1.38 bits per heavy atom. The van der Waals surface area contributed by atoms with Crippen molar-refractivity contribution in [3.05, 3.63) is 41.2 Å². The Kier molecular flexibility index (Phi) is 4.75. The summed E-state index contributed by atoms with van der Waals surface area (Å²) in [5.41, 5.74) is 6.79. The van der Waals surface area contributed by atoms with E-state index < -0.39 is 11.9 Å². The summed E-state index contributed by atoms with van der Waals surface area (Å²) in [6.45, 7) is 0. The first kappa shape index (κ1) is 16.9. The van der Waals surface area contributed by atoms with Gasteiger partial charge >= 0.3 is 11.9 Å². The summed E-state index contributed by atoms with van der Waals surface area (Å²) in [6, 6.07) is 6.64. The number of aliphatic carboxylic acids is 1. The molecule has 3 N–H and O–H groups in total. The first-order chi connectivity index (χ1) is 11.4. The van der Waals surface area contributed by atoms with Crippen LogP contribution >= 0.6 is 0 Å². The van der Waals surface area contributed by atoms with E-state index >= 15 is 0 Å². The van der Waals surface area contributed by atoms with Gasteiger partial charge in [-0.1, -0.05) is 6.07 Å². The number of nitrogens with two attached hydrogens (primary N) is 1. The van der Waals surface area contributed by atoms with Crippen molar-refractivity contribution >= 4 is 17.6 Å². The number of esters is 1. The molecule has 2 rings (SSSR count). The first-order valence-corrected chi connectivity index (χ1v) is 6.81. The van der Waals surface area contributed by atoms with Crippen LogP contribution in [0.5, 0.6) is 5.75 Å². The second kappa shape index (κ2) is 6.75. The number of methoxy groups -OCH3 is 2. The van der Waals surface area contributed by atoms with Gasteiger partial charge in [-0.25, -0.2) is 4.79 Å². The van der Waals surface area contributed by atoms with Gasteiger partial charge in [-0.05, 0) is 17.7 Å². The number of carboxylic acids is 1. The molecule has 0 atom stereocenters. The van der Waals surface area contributed by atoms with Gasteiger partial charge in [0.25, 0.3) is 0 Å². The minimum atomic E-state index is -0.996. The summed E-state index contributed by atoms with van der Waals surface area (Å²) < 4.78 is 11.4. The number of rotatable bonds is 5. The predicted octanol–water partition coefficient (Wildman–Crippen LogP) is 1.35. The number of carboxylic acid groups (broad SMARTS) is 1. The summed E-state index contributed by atoms with van der Waals surface area (Å²) in [5, 5.41) is 18.1. The van der Waals surface area contributed by atoms with Crippen molar-refractivity contribution in [2.45, 2.75) is 6.42 Å². The Bertz CT molecular complexity index is 848. The molecule has 0 radical (unpaired) electrons. The summed E-state index contributed by atoms with van der Waals surface area (Å²) in [7, 11) is 2.63. The topological polar surface area (TPSA) is 128 Å². The Hall–Kier alpha value is -3.47. The van der Waals surface area contributed by atoms with E-state index in [4.69, 9.17) is 25.6 Å². The SMILES string of the molecule is COC(=O)c1c(N)c(C#N)cn1-c1cc(CC(=O)O)ccc1OC. The van der Waals surface area contributed by atoms with Crippen LogP contribution in [0, 0.1) is 11.3 Å². The molecular formula is C16H15N3O5. The zero-order valence-corrected chi connectivity index (χ0v) is 13.1. The molecule has 0 unspecified atom stereocenters. The van der Waals surface area contributed by atoms with Gasteiger partial charge < -0.3 is 24.9 Å². The van der Waals surface area contributed by atoms with E-state index in [0.29, 0.717) is 17.0 Å². The fourth-order valence-corrected chi connectivity index (χ4v) is 2.31. The van der Waals surface area contributed by atoms with Crippen molar-refractivity contribution in [2.24, 2.45) is 0 Å². The zero-order chi connectivity index (χ0) is 17.9. The summed E-state index contributed by atoms with van der Waals surface area (Å²) >= 11 is 0. The van der Waals surface area contributed by atoms with Crippen LogP contribution < -0.4 is 10.5 Å². The Morgan fingerprint density at radius 3 is 2.62 bits per heavy atom. The number of hydrogen-bond acceptors (Lipinski definition) is 6. The van der Waals surface area contributed by atoms with Gasteiger partial charge in [0.05, 0.1) is 37.6 Å². The number of benzene rings is 1. The minimum Gasteiger partial charge on any atom is -0.495 e. The molecule has 0 amide bonds. The normalized spacial score (nSPS) is 10.0. The number of anilines is 1. The molecule has 2 aromatic rings. The number of carbonyl (C=O) groups excluding carboxylic acids is 1. The monoisotopic (exact) mass is 329 g/mol. The quantitative estimate of drug-likeness (QED) is 0.792. The zero-order valence-electron chi connectivity index (χ0n) is 13.1. The van der Waals surface area contributed by atoms with Crippen molar-refractivity contribution in [3.8, 4) is 17.5 Å². The lowest BCUT2D eigenvalue weighted by Gasteiger charge is -2.14. The Morgan fingerprint density at radius 2 is 2.08 bits per heavy atom. The minimum absolute atomic E-state index is 0.0185. The molecule has 8 nitrogen and oxygen atoms in total. The number of carbonyl (C=O) groups is 2. The standard InChI is InChI=1S/C16H15N3O5/c1-23-12-4-3-9(6-13(20)21)5-11(12)19-8-10(7-17)14(18)15(19)16(22)24-2/h3-5,8H,6,18H2,1-2H3,(H,20,21). The lowest BCUT2D eigenvalue weighted by molar-refractivity contribution is -0.136. The third kappa shape index (κ3) is 3.01. The number of aromatic nitrogens is 1. The molecule has 1 aromatic heterocycles. The van der Waals surface area contributed by atoms with Gasteiger partial charge in [0.1, 0.15) is 11.8 Å². The van der Waals surface area contributed by atoms with Gasteiger partial charge in [-0.3, -0.25) is 4.79 Å². The number of nitriles is 1. The molecule has 0 saturated carbocycles. The Labute approximate surface area is 137 Å². The van der Waals surface area contributed by atoms with Crippen LogP contribution in [0.3, 0.4) is 0 Å². The molecule has 0 bridgehead atoms.